The molecule has 2 aromatic carbocycles. The maximum absolute atomic E-state index is 13.5. The van der Waals surface area contributed by atoms with Gasteiger partial charge in [0.15, 0.2) is 5.65 Å². The average molecular weight is 438 g/mol. The average Bonchev–Trinajstić information content (AvgIpc) is 3.01. The highest BCUT2D eigenvalue weighted by Gasteiger charge is 2.16. The topological polar surface area (TPSA) is 81.3 Å². The van der Waals surface area contributed by atoms with Gasteiger partial charge in [-0.05, 0) is 50.1 Å². The minimum absolute atomic E-state index is 0.239. The number of carbonyl (C=O) groups is 1. The normalized spacial score (nSPS) is 11.1. The molecule has 0 bridgehead atoms. The van der Waals surface area contributed by atoms with Crippen molar-refractivity contribution in [3.63, 3.8) is 0 Å². The maximum Gasteiger partial charge on any atom is 0.350 e. The molecule has 0 aliphatic carbocycles. The second-order valence-electron chi connectivity index (χ2n) is 7.25. The van der Waals surface area contributed by atoms with Crippen molar-refractivity contribution in [3.8, 4) is 0 Å². The molecule has 0 fully saturated rings. The van der Waals surface area contributed by atoms with Crippen LogP contribution in [0.15, 0.2) is 63.5 Å². The number of aromatic nitrogens is 4. The quantitative estimate of drug-likeness (QED) is 0.514. The lowest BCUT2D eigenvalue weighted by Gasteiger charge is -2.12. The van der Waals surface area contributed by atoms with Crippen LogP contribution in [0.2, 0.25) is 0 Å². The Bertz CT molecular complexity index is 1340. The van der Waals surface area contributed by atoms with Crippen molar-refractivity contribution in [2.45, 2.75) is 37.2 Å². The van der Waals surface area contributed by atoms with Crippen molar-refractivity contribution in [3.05, 3.63) is 81.8 Å². The Morgan fingerprint density at radius 3 is 2.61 bits per heavy atom. The van der Waals surface area contributed by atoms with Gasteiger partial charge in [-0.25, -0.2) is 23.3 Å². The van der Waals surface area contributed by atoms with Crippen LogP contribution in [0.3, 0.4) is 0 Å². The molecule has 0 saturated carbocycles. The van der Waals surface area contributed by atoms with E-state index in [0.29, 0.717) is 15.6 Å². The summed E-state index contributed by atoms with van der Waals surface area (Å²) in [6, 6.07) is 10.1. The summed E-state index contributed by atoms with van der Waals surface area (Å²) in [5.41, 5.74) is 3.59. The summed E-state index contributed by atoms with van der Waals surface area (Å²) >= 11 is 1.19. The van der Waals surface area contributed by atoms with Crippen molar-refractivity contribution in [1.82, 2.24) is 19.2 Å². The van der Waals surface area contributed by atoms with E-state index in [1.165, 1.54) is 40.7 Å². The van der Waals surface area contributed by atoms with Crippen molar-refractivity contribution < 1.29 is 9.18 Å². The van der Waals surface area contributed by atoms with E-state index in [1.54, 1.807) is 12.1 Å². The van der Waals surface area contributed by atoms with Crippen LogP contribution in [0.25, 0.3) is 5.65 Å². The van der Waals surface area contributed by atoms with Gasteiger partial charge in [0, 0.05) is 23.0 Å². The number of benzene rings is 2. The monoisotopic (exact) mass is 437 g/mol. The van der Waals surface area contributed by atoms with E-state index < -0.39 is 5.69 Å². The minimum Gasteiger partial charge on any atom is -0.324 e. The summed E-state index contributed by atoms with van der Waals surface area (Å²) in [6.45, 7) is 5.61. The van der Waals surface area contributed by atoms with Crippen LogP contribution in [0.5, 0.6) is 0 Å². The second-order valence-corrected chi connectivity index (χ2v) is 8.31. The molecule has 4 aromatic rings. The minimum atomic E-state index is -0.453. The van der Waals surface area contributed by atoms with Gasteiger partial charge in [0.1, 0.15) is 17.4 Å². The summed E-state index contributed by atoms with van der Waals surface area (Å²) in [7, 11) is 0. The molecule has 2 heterocycles. The van der Waals surface area contributed by atoms with Gasteiger partial charge in [-0.15, -0.1) is 5.10 Å². The zero-order valence-corrected chi connectivity index (χ0v) is 18.0. The third kappa shape index (κ3) is 4.36. The van der Waals surface area contributed by atoms with E-state index in [2.05, 4.69) is 15.4 Å². The van der Waals surface area contributed by atoms with Crippen molar-refractivity contribution in [2.75, 3.05) is 5.32 Å². The number of hydrogen-bond acceptors (Lipinski definition) is 5. The third-order valence-corrected chi connectivity index (χ3v) is 5.69. The smallest absolute Gasteiger partial charge is 0.324 e. The molecule has 0 unspecified atom stereocenters. The number of nitrogens with one attached hydrogen (secondary N) is 1. The van der Waals surface area contributed by atoms with E-state index in [0.717, 1.165) is 27.1 Å². The zero-order valence-electron chi connectivity index (χ0n) is 17.2. The predicted octanol–water partition coefficient (Wildman–Crippen LogP) is 3.75. The summed E-state index contributed by atoms with van der Waals surface area (Å²) in [5.74, 6) is -0.717. The standard InChI is InChI=1S/C22H20FN5O2S/c1-13-9-14(2)19(15(3)10-13)25-18(29)12-28-22(30)27-8-7-24-21(20(27)26-28)31-17-6-4-5-16(23)11-17/h4-11H,12H2,1-3H3,(H,25,29). The molecule has 0 aliphatic rings. The van der Waals surface area contributed by atoms with Gasteiger partial charge >= 0.3 is 5.69 Å². The third-order valence-electron chi connectivity index (χ3n) is 4.71. The van der Waals surface area contributed by atoms with Gasteiger partial charge < -0.3 is 5.32 Å². The van der Waals surface area contributed by atoms with Gasteiger partial charge in [-0.3, -0.25) is 4.79 Å². The van der Waals surface area contributed by atoms with E-state index in [-0.39, 0.29) is 18.3 Å². The Balaban J connectivity index is 1.61. The summed E-state index contributed by atoms with van der Waals surface area (Å²) < 4.78 is 15.9. The van der Waals surface area contributed by atoms with E-state index in [4.69, 9.17) is 0 Å². The first-order valence-electron chi connectivity index (χ1n) is 9.57. The molecule has 0 spiro atoms. The number of aryl methyl sites for hydroxylation is 3. The highest BCUT2D eigenvalue weighted by molar-refractivity contribution is 7.99. The molecule has 1 N–H and O–H groups in total. The van der Waals surface area contributed by atoms with Crippen molar-refractivity contribution in [2.24, 2.45) is 0 Å². The molecular weight excluding hydrogens is 417 g/mol. The number of carbonyl (C=O) groups excluding carboxylic acids is 1. The van der Waals surface area contributed by atoms with E-state index in [9.17, 15) is 14.0 Å². The molecule has 4 rings (SSSR count). The summed E-state index contributed by atoms with van der Waals surface area (Å²) in [4.78, 5) is 30.3. The largest absolute Gasteiger partial charge is 0.350 e. The number of rotatable bonds is 5. The van der Waals surface area contributed by atoms with Crippen LogP contribution >= 0.6 is 11.8 Å². The fraction of sp³-hybridized carbons (Fsp3) is 0.182. The van der Waals surface area contributed by atoms with Gasteiger partial charge in [0.25, 0.3) is 0 Å². The first kappa shape index (κ1) is 20.8. The molecule has 0 atom stereocenters. The lowest BCUT2D eigenvalue weighted by Crippen LogP contribution is -2.28. The number of hydrogen-bond donors (Lipinski definition) is 1. The lowest BCUT2D eigenvalue weighted by atomic mass is 10.1. The zero-order chi connectivity index (χ0) is 22.1. The molecule has 0 saturated heterocycles. The molecule has 9 heteroatoms. The number of nitrogens with zero attached hydrogens (tertiary/aromatic N) is 4. The van der Waals surface area contributed by atoms with Crippen LogP contribution < -0.4 is 11.0 Å². The maximum atomic E-state index is 13.5. The highest BCUT2D eigenvalue weighted by Crippen LogP contribution is 2.28. The molecular formula is C22H20FN5O2S. The molecule has 7 nitrogen and oxygen atoms in total. The molecule has 2 aromatic heterocycles. The van der Waals surface area contributed by atoms with Crippen LogP contribution in [0, 0.1) is 26.6 Å². The van der Waals surface area contributed by atoms with Crippen molar-refractivity contribution in [1.29, 1.82) is 0 Å². The summed E-state index contributed by atoms with van der Waals surface area (Å²) in [6.07, 6.45) is 2.96. The van der Waals surface area contributed by atoms with Crippen LogP contribution in [0.4, 0.5) is 10.1 Å². The predicted molar refractivity (Wildman–Crippen MR) is 117 cm³/mol. The molecule has 158 valence electrons. The van der Waals surface area contributed by atoms with Crippen molar-refractivity contribution >= 4 is 29.0 Å². The van der Waals surface area contributed by atoms with Gasteiger partial charge in [0.05, 0.1) is 0 Å². The molecule has 0 radical (unpaired) electrons. The van der Waals surface area contributed by atoms with Gasteiger partial charge in [0.2, 0.25) is 5.91 Å². The Morgan fingerprint density at radius 1 is 1.16 bits per heavy atom. The first-order valence-corrected chi connectivity index (χ1v) is 10.4. The number of amides is 1. The van der Waals surface area contributed by atoms with Gasteiger partial charge in [-0.1, -0.05) is 35.5 Å². The first-order chi connectivity index (χ1) is 14.8. The van der Waals surface area contributed by atoms with Crippen LogP contribution in [-0.2, 0) is 11.3 Å². The Morgan fingerprint density at radius 2 is 1.90 bits per heavy atom. The molecule has 1 amide bonds. The van der Waals surface area contributed by atoms with Crippen LogP contribution in [0.1, 0.15) is 16.7 Å². The second kappa shape index (κ2) is 8.35. The Labute approximate surface area is 181 Å². The Hall–Kier alpha value is -3.46. The summed E-state index contributed by atoms with van der Waals surface area (Å²) in [5, 5.41) is 7.62. The number of anilines is 1. The van der Waals surface area contributed by atoms with Gasteiger partial charge in [-0.2, -0.15) is 0 Å². The highest BCUT2D eigenvalue weighted by atomic mass is 32.2. The van der Waals surface area contributed by atoms with E-state index >= 15 is 0 Å². The SMILES string of the molecule is Cc1cc(C)c(NC(=O)Cn2nc3c(Sc4cccc(F)c4)nccn3c2=O)c(C)c1. The Kier molecular flexibility index (Phi) is 5.60. The fourth-order valence-electron chi connectivity index (χ4n) is 3.44. The molecule has 0 aliphatic heterocycles. The van der Waals surface area contributed by atoms with Crippen LogP contribution in [-0.4, -0.2) is 25.1 Å². The lowest BCUT2D eigenvalue weighted by molar-refractivity contribution is -0.117. The fourth-order valence-corrected chi connectivity index (χ4v) is 4.32. The number of fused-ring (bicyclic) bond motifs is 1. The number of halogens is 1. The van der Waals surface area contributed by atoms with E-state index in [1.807, 2.05) is 32.9 Å². The molecule has 31 heavy (non-hydrogen) atoms.